The molecule has 0 aliphatic heterocycles. The number of nitrogens with zero attached hydrogens (tertiary/aromatic N) is 1. The fourth-order valence-corrected chi connectivity index (χ4v) is 2.24. The Balaban J connectivity index is 2.11. The molecule has 0 atom stereocenters. The zero-order chi connectivity index (χ0) is 14.7. The van der Waals surface area contributed by atoms with Crippen molar-refractivity contribution >= 4 is 50.7 Å². The Morgan fingerprint density at radius 1 is 1.40 bits per heavy atom. The third-order valence-corrected chi connectivity index (χ3v) is 3.97. The first-order valence-corrected chi connectivity index (χ1v) is 7.06. The van der Waals surface area contributed by atoms with Crippen LogP contribution >= 0.6 is 39.1 Å². The lowest BCUT2D eigenvalue weighted by Gasteiger charge is -2.08. The molecule has 3 nitrogen and oxygen atoms in total. The molecule has 7 heteroatoms. The summed E-state index contributed by atoms with van der Waals surface area (Å²) < 4.78 is 14.1. The molecule has 0 spiro atoms. The van der Waals surface area contributed by atoms with E-state index in [2.05, 4.69) is 26.2 Å². The number of aromatic nitrogens is 1. The van der Waals surface area contributed by atoms with Gasteiger partial charge in [0, 0.05) is 10.6 Å². The van der Waals surface area contributed by atoms with Crippen LogP contribution in [0.2, 0.25) is 10.2 Å². The van der Waals surface area contributed by atoms with Crippen molar-refractivity contribution in [2.45, 2.75) is 6.42 Å². The van der Waals surface area contributed by atoms with Crippen LogP contribution in [0.1, 0.15) is 5.56 Å². The summed E-state index contributed by atoms with van der Waals surface area (Å²) in [4.78, 5) is 15.7. The van der Waals surface area contributed by atoms with Crippen molar-refractivity contribution in [3.05, 3.63) is 56.5 Å². The van der Waals surface area contributed by atoms with E-state index in [1.165, 1.54) is 24.4 Å². The molecule has 1 amide bonds. The van der Waals surface area contributed by atoms with E-state index in [1.54, 1.807) is 6.07 Å². The van der Waals surface area contributed by atoms with E-state index >= 15 is 0 Å². The molecule has 1 aromatic heterocycles. The van der Waals surface area contributed by atoms with Gasteiger partial charge in [0.25, 0.3) is 0 Å². The molecule has 0 fully saturated rings. The normalized spacial score (nSPS) is 10.4. The van der Waals surface area contributed by atoms with E-state index < -0.39 is 11.7 Å². The van der Waals surface area contributed by atoms with E-state index in [1.807, 2.05) is 0 Å². The summed E-state index contributed by atoms with van der Waals surface area (Å²) in [5.74, 6) is -0.906. The largest absolute Gasteiger partial charge is 0.324 e. The fourth-order valence-electron chi connectivity index (χ4n) is 1.56. The summed E-state index contributed by atoms with van der Waals surface area (Å²) in [6, 6.07) is 5.89. The molecule has 0 bridgehead atoms. The second kappa shape index (κ2) is 6.52. The highest BCUT2D eigenvalue weighted by atomic mass is 79.9. The van der Waals surface area contributed by atoms with Gasteiger partial charge in [-0.2, -0.15) is 0 Å². The first-order valence-electron chi connectivity index (χ1n) is 5.51. The number of rotatable bonds is 3. The van der Waals surface area contributed by atoms with E-state index in [-0.39, 0.29) is 17.0 Å². The predicted molar refractivity (Wildman–Crippen MR) is 80.7 cm³/mol. The molecule has 1 heterocycles. The lowest BCUT2D eigenvalue weighted by atomic mass is 10.1. The van der Waals surface area contributed by atoms with Crippen molar-refractivity contribution in [3.8, 4) is 0 Å². The topological polar surface area (TPSA) is 42.0 Å². The smallest absolute Gasteiger partial charge is 0.229 e. The average Bonchev–Trinajstić information content (AvgIpc) is 2.38. The van der Waals surface area contributed by atoms with Crippen LogP contribution in [0, 0.1) is 5.82 Å². The molecule has 0 aliphatic rings. The SMILES string of the molecule is O=C(Cc1c(F)cccc1Cl)Nc1cnc(Cl)c(Br)c1. The Bertz CT molecular complexity index is 647. The van der Waals surface area contributed by atoms with Gasteiger partial charge in [0.2, 0.25) is 5.91 Å². The summed E-state index contributed by atoms with van der Waals surface area (Å²) in [5, 5.41) is 3.11. The van der Waals surface area contributed by atoms with E-state index in [9.17, 15) is 9.18 Å². The zero-order valence-corrected chi connectivity index (χ0v) is 13.1. The summed E-state index contributed by atoms with van der Waals surface area (Å²) >= 11 is 14.8. The van der Waals surface area contributed by atoms with Crippen molar-refractivity contribution in [3.63, 3.8) is 0 Å². The lowest BCUT2D eigenvalue weighted by molar-refractivity contribution is -0.115. The monoisotopic (exact) mass is 376 g/mol. The summed E-state index contributed by atoms with van der Waals surface area (Å²) in [7, 11) is 0. The van der Waals surface area contributed by atoms with Gasteiger partial charge in [0.1, 0.15) is 11.0 Å². The molecule has 0 saturated heterocycles. The zero-order valence-electron chi connectivity index (χ0n) is 9.96. The Kier molecular flexibility index (Phi) is 4.96. The first-order chi connectivity index (χ1) is 9.47. The van der Waals surface area contributed by atoms with Crippen molar-refractivity contribution < 1.29 is 9.18 Å². The Morgan fingerprint density at radius 3 is 2.80 bits per heavy atom. The number of nitrogens with one attached hydrogen (secondary N) is 1. The van der Waals surface area contributed by atoms with Gasteiger partial charge in [0.15, 0.2) is 0 Å². The molecule has 0 unspecified atom stereocenters. The van der Waals surface area contributed by atoms with Gasteiger partial charge >= 0.3 is 0 Å². The highest BCUT2D eigenvalue weighted by molar-refractivity contribution is 9.10. The molecule has 2 aromatic rings. The maximum Gasteiger partial charge on any atom is 0.229 e. The summed E-state index contributed by atoms with van der Waals surface area (Å²) in [5.41, 5.74) is 0.617. The van der Waals surface area contributed by atoms with Gasteiger partial charge in [-0.25, -0.2) is 9.37 Å². The van der Waals surface area contributed by atoms with Crippen LogP contribution < -0.4 is 5.32 Å². The number of carbonyl (C=O) groups is 1. The van der Waals surface area contributed by atoms with Gasteiger partial charge in [-0.05, 0) is 34.1 Å². The van der Waals surface area contributed by atoms with Gasteiger partial charge < -0.3 is 5.32 Å². The molecular weight excluding hydrogens is 370 g/mol. The van der Waals surface area contributed by atoms with Crippen LogP contribution in [-0.2, 0) is 11.2 Å². The molecule has 0 aliphatic carbocycles. The predicted octanol–water partition coefficient (Wildman–Crippen LogP) is 4.47. The maximum absolute atomic E-state index is 13.6. The summed E-state index contributed by atoms with van der Waals surface area (Å²) in [6.45, 7) is 0. The molecule has 0 saturated carbocycles. The van der Waals surface area contributed by atoms with Gasteiger partial charge in [0.05, 0.1) is 22.8 Å². The first kappa shape index (κ1) is 15.2. The molecule has 104 valence electrons. The van der Waals surface area contributed by atoms with Crippen LogP contribution in [0.15, 0.2) is 34.9 Å². The summed E-state index contributed by atoms with van der Waals surface area (Å²) in [6.07, 6.45) is 1.25. The van der Waals surface area contributed by atoms with E-state index in [0.29, 0.717) is 15.3 Å². The van der Waals surface area contributed by atoms with Crippen molar-refractivity contribution in [2.75, 3.05) is 5.32 Å². The third-order valence-electron chi connectivity index (χ3n) is 2.48. The van der Waals surface area contributed by atoms with Crippen LogP contribution in [0.3, 0.4) is 0 Å². The number of hydrogen-bond acceptors (Lipinski definition) is 2. The minimum Gasteiger partial charge on any atom is -0.324 e. The highest BCUT2D eigenvalue weighted by Gasteiger charge is 2.12. The van der Waals surface area contributed by atoms with Crippen LogP contribution in [0.25, 0.3) is 0 Å². The van der Waals surface area contributed by atoms with Crippen molar-refractivity contribution in [2.24, 2.45) is 0 Å². The Labute approximate surface area is 133 Å². The van der Waals surface area contributed by atoms with Crippen LogP contribution in [0.4, 0.5) is 10.1 Å². The number of benzene rings is 1. The number of anilines is 1. The molecular formula is C13H8BrCl2FN2O. The van der Waals surface area contributed by atoms with Gasteiger partial charge in [-0.15, -0.1) is 0 Å². The number of amides is 1. The Hall–Kier alpha value is -1.17. The number of hydrogen-bond donors (Lipinski definition) is 1. The Morgan fingerprint density at radius 2 is 2.15 bits per heavy atom. The van der Waals surface area contributed by atoms with Crippen molar-refractivity contribution in [1.82, 2.24) is 4.98 Å². The quantitative estimate of drug-likeness (QED) is 0.801. The standard InChI is InChI=1S/C13H8BrCl2FN2O/c14-9-4-7(6-18-13(9)16)19-12(20)5-8-10(15)2-1-3-11(8)17/h1-4,6H,5H2,(H,19,20). The van der Waals surface area contributed by atoms with Crippen LogP contribution in [-0.4, -0.2) is 10.9 Å². The molecule has 2 rings (SSSR count). The number of carbonyl (C=O) groups excluding carboxylic acids is 1. The molecule has 1 N–H and O–H groups in total. The second-order valence-electron chi connectivity index (χ2n) is 3.92. The lowest BCUT2D eigenvalue weighted by Crippen LogP contribution is -2.15. The molecule has 1 aromatic carbocycles. The molecule has 0 radical (unpaired) electrons. The fraction of sp³-hybridized carbons (Fsp3) is 0.0769. The van der Waals surface area contributed by atoms with Crippen LogP contribution in [0.5, 0.6) is 0 Å². The molecule has 20 heavy (non-hydrogen) atoms. The third kappa shape index (κ3) is 3.69. The minimum absolute atomic E-state index is 0.160. The van der Waals surface area contributed by atoms with E-state index in [4.69, 9.17) is 23.2 Å². The minimum atomic E-state index is -0.511. The highest BCUT2D eigenvalue weighted by Crippen LogP contribution is 2.24. The van der Waals surface area contributed by atoms with Crippen molar-refractivity contribution in [1.29, 1.82) is 0 Å². The maximum atomic E-state index is 13.6. The van der Waals surface area contributed by atoms with Gasteiger partial charge in [-0.3, -0.25) is 4.79 Å². The van der Waals surface area contributed by atoms with E-state index in [0.717, 1.165) is 0 Å². The van der Waals surface area contributed by atoms with Gasteiger partial charge in [-0.1, -0.05) is 29.3 Å². The average molecular weight is 378 g/mol. The number of pyridine rings is 1. The number of halogens is 4. The second-order valence-corrected chi connectivity index (χ2v) is 5.54.